The van der Waals surface area contributed by atoms with Crippen molar-refractivity contribution in [3.05, 3.63) is 0 Å². The summed E-state index contributed by atoms with van der Waals surface area (Å²) in [5, 5.41) is 12.3. The van der Waals surface area contributed by atoms with E-state index in [9.17, 15) is 0 Å². The Kier molecular flexibility index (Phi) is 7.14. The minimum Gasteiger partial charge on any atom is -0.473 e. The van der Waals surface area contributed by atoms with Crippen LogP contribution in [0.4, 0.5) is 0 Å². The predicted octanol–water partition coefficient (Wildman–Crippen LogP) is 2.26. The molecule has 0 fully saturated rings. The minimum atomic E-state index is -0.562. The molecule has 0 aromatic heterocycles. The van der Waals surface area contributed by atoms with Crippen molar-refractivity contribution in [2.75, 3.05) is 7.11 Å². The van der Waals surface area contributed by atoms with Crippen molar-refractivity contribution in [3.8, 4) is 0 Å². The summed E-state index contributed by atoms with van der Waals surface area (Å²) >= 11 is 9.96. The Hall–Kier alpha value is -1.02. The summed E-state index contributed by atoms with van der Waals surface area (Å²) in [6.45, 7) is 9.89. The molecular formula is C11H23N5OS2. The summed E-state index contributed by atoms with van der Waals surface area (Å²) in [7, 11) is 1.47. The van der Waals surface area contributed by atoms with Crippen LogP contribution in [-0.4, -0.2) is 28.6 Å². The number of ether oxygens (including phenoxy) is 1. The summed E-state index contributed by atoms with van der Waals surface area (Å²) in [6, 6.07) is 0. The normalized spacial score (nSPS) is 14.6. The van der Waals surface area contributed by atoms with Gasteiger partial charge in [0.05, 0.1) is 12.6 Å². The van der Waals surface area contributed by atoms with Gasteiger partial charge in [-0.2, -0.15) is 10.2 Å². The quantitative estimate of drug-likeness (QED) is 0.422. The molecule has 8 heteroatoms. The van der Waals surface area contributed by atoms with E-state index >= 15 is 0 Å². The van der Waals surface area contributed by atoms with E-state index in [4.69, 9.17) is 29.2 Å². The van der Waals surface area contributed by atoms with E-state index in [0.29, 0.717) is 5.11 Å². The largest absolute Gasteiger partial charge is 0.473 e. The van der Waals surface area contributed by atoms with Gasteiger partial charge in [0.1, 0.15) is 5.66 Å². The lowest BCUT2D eigenvalue weighted by Crippen LogP contribution is -2.53. The minimum absolute atomic E-state index is 0.207. The molecule has 19 heavy (non-hydrogen) atoms. The lowest BCUT2D eigenvalue weighted by atomic mass is 10.1. The predicted molar refractivity (Wildman–Crippen MR) is 84.9 cm³/mol. The molecule has 3 N–H and O–H groups in total. The molecule has 0 heterocycles. The fourth-order valence-electron chi connectivity index (χ4n) is 0.879. The van der Waals surface area contributed by atoms with Gasteiger partial charge in [-0.1, -0.05) is 6.92 Å². The highest BCUT2D eigenvalue weighted by molar-refractivity contribution is 7.80. The van der Waals surface area contributed by atoms with Gasteiger partial charge in [-0.15, -0.1) is 0 Å². The highest BCUT2D eigenvalue weighted by Gasteiger charge is 2.23. The zero-order chi connectivity index (χ0) is 15.1. The summed E-state index contributed by atoms with van der Waals surface area (Å²) < 4.78 is 4.78. The maximum atomic E-state index is 5.14. The van der Waals surface area contributed by atoms with Crippen LogP contribution < -0.4 is 16.2 Å². The smallest absolute Gasteiger partial charge is 0.275 e. The average molecular weight is 305 g/mol. The fourth-order valence-corrected chi connectivity index (χ4v) is 1.20. The van der Waals surface area contributed by atoms with E-state index in [-0.39, 0.29) is 10.7 Å². The van der Waals surface area contributed by atoms with Crippen LogP contribution in [0.15, 0.2) is 10.2 Å². The molecule has 1 unspecified atom stereocenters. The van der Waals surface area contributed by atoms with Crippen LogP contribution in [0, 0.1) is 0 Å². The molecule has 0 bridgehead atoms. The Labute approximate surface area is 125 Å². The molecule has 0 saturated heterocycles. The molecule has 0 aromatic carbocycles. The number of nitrogens with one attached hydrogen (secondary N) is 3. The van der Waals surface area contributed by atoms with E-state index in [0.717, 1.165) is 6.42 Å². The molecule has 0 aromatic rings. The van der Waals surface area contributed by atoms with Crippen molar-refractivity contribution in [2.24, 2.45) is 10.2 Å². The molecule has 0 rings (SSSR count). The van der Waals surface area contributed by atoms with Crippen molar-refractivity contribution < 1.29 is 4.74 Å². The second kappa shape index (κ2) is 7.54. The van der Waals surface area contributed by atoms with Gasteiger partial charge in [0.15, 0.2) is 5.11 Å². The SMILES string of the molecule is CCC(C)(N=NC(C)(C)C)NC(=S)NNC(=S)OC. The van der Waals surface area contributed by atoms with E-state index in [2.05, 4.69) is 26.4 Å². The van der Waals surface area contributed by atoms with Gasteiger partial charge in [0.25, 0.3) is 5.17 Å². The number of rotatable bonds is 3. The van der Waals surface area contributed by atoms with Gasteiger partial charge in [-0.25, -0.2) is 0 Å². The van der Waals surface area contributed by atoms with E-state index in [1.165, 1.54) is 7.11 Å². The van der Waals surface area contributed by atoms with Gasteiger partial charge in [-0.05, 0) is 58.6 Å². The van der Waals surface area contributed by atoms with Crippen LogP contribution in [0.3, 0.4) is 0 Å². The van der Waals surface area contributed by atoms with E-state index in [1.54, 1.807) is 0 Å². The van der Waals surface area contributed by atoms with Crippen molar-refractivity contribution in [1.29, 1.82) is 0 Å². The zero-order valence-electron chi connectivity index (χ0n) is 12.3. The molecule has 0 radical (unpaired) electrons. The first-order valence-corrected chi connectivity index (χ1v) is 6.79. The van der Waals surface area contributed by atoms with Crippen LogP contribution in [0.2, 0.25) is 0 Å². The third kappa shape index (κ3) is 8.66. The number of hydrazine groups is 1. The molecule has 0 spiro atoms. The standard InChI is InChI=1S/C11H23N5OS2/c1-7-11(5,16-15-10(2,3)4)12-8(18)13-14-9(19)17-6/h7H2,1-6H3,(H,14,19)(H2,12,13,18). The zero-order valence-corrected chi connectivity index (χ0v) is 14.0. The summed E-state index contributed by atoms with van der Waals surface area (Å²) in [6.07, 6.45) is 0.739. The van der Waals surface area contributed by atoms with Crippen LogP contribution in [0.25, 0.3) is 0 Å². The Bertz CT molecular complexity index is 353. The van der Waals surface area contributed by atoms with Gasteiger partial charge < -0.3 is 10.1 Å². The Balaban J connectivity index is 4.49. The van der Waals surface area contributed by atoms with Gasteiger partial charge in [0.2, 0.25) is 0 Å². The second-order valence-corrected chi connectivity index (χ2v) is 5.97. The lowest BCUT2D eigenvalue weighted by molar-refractivity contribution is 0.367. The first-order valence-electron chi connectivity index (χ1n) is 5.98. The maximum absolute atomic E-state index is 5.14. The number of azo groups is 1. The molecular weight excluding hydrogens is 282 g/mol. The molecule has 0 aliphatic rings. The fraction of sp³-hybridized carbons (Fsp3) is 0.818. The van der Waals surface area contributed by atoms with Crippen molar-refractivity contribution in [1.82, 2.24) is 16.2 Å². The van der Waals surface area contributed by atoms with E-state index < -0.39 is 5.66 Å². The number of nitrogens with zero attached hydrogens (tertiary/aromatic N) is 2. The Morgan fingerprint density at radius 2 is 1.68 bits per heavy atom. The van der Waals surface area contributed by atoms with Crippen LogP contribution in [0.5, 0.6) is 0 Å². The molecule has 0 amide bonds. The third-order valence-electron chi connectivity index (χ3n) is 2.11. The highest BCUT2D eigenvalue weighted by atomic mass is 32.1. The van der Waals surface area contributed by atoms with Crippen LogP contribution in [-0.2, 0) is 4.74 Å². The molecule has 1 atom stereocenters. The molecule has 110 valence electrons. The monoisotopic (exact) mass is 305 g/mol. The number of thiocarbonyl (C=S) groups is 2. The van der Waals surface area contributed by atoms with Crippen LogP contribution >= 0.6 is 24.4 Å². The summed E-state index contributed by atoms with van der Waals surface area (Å²) in [5.41, 5.74) is 4.58. The Morgan fingerprint density at radius 1 is 1.11 bits per heavy atom. The maximum Gasteiger partial charge on any atom is 0.275 e. The number of hydrogen-bond acceptors (Lipinski definition) is 5. The van der Waals surface area contributed by atoms with Crippen molar-refractivity contribution in [2.45, 2.75) is 52.2 Å². The lowest BCUT2D eigenvalue weighted by Gasteiger charge is -2.27. The van der Waals surface area contributed by atoms with Gasteiger partial charge >= 0.3 is 0 Å². The summed E-state index contributed by atoms with van der Waals surface area (Å²) in [5.74, 6) is 0. The molecule has 0 aliphatic heterocycles. The number of methoxy groups -OCH3 is 1. The average Bonchev–Trinajstić information content (AvgIpc) is 2.32. The topological polar surface area (TPSA) is 70.0 Å². The van der Waals surface area contributed by atoms with Gasteiger partial charge in [0, 0.05) is 0 Å². The van der Waals surface area contributed by atoms with Crippen molar-refractivity contribution >= 4 is 34.7 Å². The van der Waals surface area contributed by atoms with Crippen LogP contribution in [0.1, 0.15) is 41.0 Å². The van der Waals surface area contributed by atoms with Crippen molar-refractivity contribution in [3.63, 3.8) is 0 Å². The second-order valence-electron chi connectivity index (χ2n) is 5.19. The number of hydrogen-bond donors (Lipinski definition) is 3. The third-order valence-corrected chi connectivity index (χ3v) is 2.58. The Morgan fingerprint density at radius 3 is 2.11 bits per heavy atom. The first kappa shape index (κ1) is 18.0. The van der Waals surface area contributed by atoms with Gasteiger partial charge in [-0.3, -0.25) is 10.9 Å². The van der Waals surface area contributed by atoms with E-state index in [1.807, 2.05) is 34.6 Å². The summed E-state index contributed by atoms with van der Waals surface area (Å²) in [4.78, 5) is 0. The molecule has 6 nitrogen and oxygen atoms in total. The first-order chi connectivity index (χ1) is 8.62. The highest BCUT2D eigenvalue weighted by Crippen LogP contribution is 2.16. The molecule has 0 saturated carbocycles. The molecule has 0 aliphatic carbocycles.